The Bertz CT molecular complexity index is 378. The van der Waals surface area contributed by atoms with Crippen LogP contribution in [0, 0.1) is 11.8 Å². The highest BCUT2D eigenvalue weighted by Gasteiger charge is 2.30. The first-order valence-electron chi connectivity index (χ1n) is 8.21. The van der Waals surface area contributed by atoms with Gasteiger partial charge in [-0.2, -0.15) is 0 Å². The molecule has 0 radical (unpaired) electrons. The summed E-state index contributed by atoms with van der Waals surface area (Å²) in [6.45, 7) is 3.66. The monoisotopic (exact) mass is 296 g/mol. The van der Waals surface area contributed by atoms with Crippen molar-refractivity contribution in [3.05, 3.63) is 0 Å². The van der Waals surface area contributed by atoms with Crippen molar-refractivity contribution >= 4 is 12.0 Å². The van der Waals surface area contributed by atoms with Crippen molar-refractivity contribution in [2.45, 2.75) is 57.9 Å². The summed E-state index contributed by atoms with van der Waals surface area (Å²) >= 11 is 0. The Labute approximate surface area is 127 Å². The molecule has 1 heterocycles. The Morgan fingerprint density at radius 1 is 1.19 bits per heavy atom. The van der Waals surface area contributed by atoms with Crippen LogP contribution in [-0.2, 0) is 4.79 Å². The molecule has 21 heavy (non-hydrogen) atoms. The van der Waals surface area contributed by atoms with Gasteiger partial charge in [0, 0.05) is 32.6 Å². The van der Waals surface area contributed by atoms with E-state index in [1.165, 1.54) is 12.8 Å². The van der Waals surface area contributed by atoms with Crippen LogP contribution in [0.2, 0.25) is 0 Å². The van der Waals surface area contributed by atoms with E-state index in [0.29, 0.717) is 25.0 Å². The predicted octanol–water partition coefficient (Wildman–Crippen LogP) is 2.80. The molecule has 1 saturated heterocycles. The van der Waals surface area contributed by atoms with Crippen molar-refractivity contribution in [3.8, 4) is 0 Å². The number of carbonyl (C=O) groups excluding carboxylic acids is 1. The van der Waals surface area contributed by atoms with Gasteiger partial charge in [-0.1, -0.05) is 19.8 Å². The number of carboxylic acids is 1. The molecule has 0 bridgehead atoms. The van der Waals surface area contributed by atoms with Gasteiger partial charge in [0.05, 0.1) is 0 Å². The van der Waals surface area contributed by atoms with Crippen molar-refractivity contribution in [1.29, 1.82) is 0 Å². The van der Waals surface area contributed by atoms with Crippen LogP contribution in [0.1, 0.15) is 51.9 Å². The molecule has 5 nitrogen and oxygen atoms in total. The lowest BCUT2D eigenvalue weighted by Crippen LogP contribution is -2.49. The molecule has 1 aliphatic heterocycles. The first-order chi connectivity index (χ1) is 9.97. The summed E-state index contributed by atoms with van der Waals surface area (Å²) in [5, 5.41) is 8.84. The quantitative estimate of drug-likeness (QED) is 0.871. The predicted molar refractivity (Wildman–Crippen MR) is 81.1 cm³/mol. The van der Waals surface area contributed by atoms with E-state index in [-0.39, 0.29) is 18.4 Å². The van der Waals surface area contributed by atoms with E-state index in [2.05, 4.69) is 6.92 Å². The summed E-state index contributed by atoms with van der Waals surface area (Å²) in [7, 11) is 1.92. The van der Waals surface area contributed by atoms with E-state index < -0.39 is 5.97 Å². The van der Waals surface area contributed by atoms with E-state index in [4.69, 9.17) is 5.11 Å². The van der Waals surface area contributed by atoms with Gasteiger partial charge in [-0.3, -0.25) is 4.79 Å². The highest BCUT2D eigenvalue weighted by atomic mass is 16.4. The number of carbonyl (C=O) groups is 2. The molecule has 2 amide bonds. The molecular formula is C16H28N2O3. The van der Waals surface area contributed by atoms with Crippen LogP contribution in [0.15, 0.2) is 0 Å². The zero-order valence-electron chi connectivity index (χ0n) is 13.3. The molecule has 1 saturated carbocycles. The maximum atomic E-state index is 12.6. The minimum atomic E-state index is -0.729. The molecule has 0 spiro atoms. The minimum Gasteiger partial charge on any atom is -0.481 e. The van der Waals surface area contributed by atoms with Crippen LogP contribution in [0.3, 0.4) is 0 Å². The number of carboxylic acid groups (broad SMARTS) is 1. The first kappa shape index (κ1) is 16.1. The maximum absolute atomic E-state index is 12.6. The summed E-state index contributed by atoms with van der Waals surface area (Å²) in [6.07, 6.45) is 6.57. The second-order valence-corrected chi connectivity index (χ2v) is 6.85. The van der Waals surface area contributed by atoms with Crippen LogP contribution in [0.4, 0.5) is 4.79 Å². The van der Waals surface area contributed by atoms with Crippen LogP contribution in [-0.4, -0.2) is 53.1 Å². The van der Waals surface area contributed by atoms with Gasteiger partial charge in [-0.25, -0.2) is 4.79 Å². The molecule has 2 rings (SSSR count). The van der Waals surface area contributed by atoms with Crippen LogP contribution in [0.5, 0.6) is 0 Å². The molecule has 5 heteroatoms. The Morgan fingerprint density at radius 2 is 1.86 bits per heavy atom. The third-order valence-electron chi connectivity index (χ3n) is 5.11. The lowest BCUT2D eigenvalue weighted by molar-refractivity contribution is -0.138. The van der Waals surface area contributed by atoms with Gasteiger partial charge >= 0.3 is 12.0 Å². The minimum absolute atomic E-state index is 0.128. The fourth-order valence-corrected chi connectivity index (χ4v) is 3.71. The molecule has 2 aliphatic rings. The zero-order valence-corrected chi connectivity index (χ0v) is 13.3. The number of nitrogens with zero attached hydrogens (tertiary/aromatic N) is 2. The Hall–Kier alpha value is -1.26. The number of rotatable bonds is 3. The molecule has 2 atom stereocenters. The topological polar surface area (TPSA) is 60.9 Å². The molecule has 0 aromatic rings. The molecular weight excluding hydrogens is 268 g/mol. The number of amides is 2. The first-order valence-corrected chi connectivity index (χ1v) is 8.21. The molecule has 1 N–H and O–H groups in total. The number of aliphatic carboxylic acids is 1. The van der Waals surface area contributed by atoms with Gasteiger partial charge in [0.1, 0.15) is 0 Å². The van der Waals surface area contributed by atoms with Crippen LogP contribution in [0.25, 0.3) is 0 Å². The number of piperidine rings is 1. The molecule has 0 aromatic carbocycles. The molecule has 0 aromatic heterocycles. The number of urea groups is 1. The second-order valence-electron chi connectivity index (χ2n) is 6.85. The van der Waals surface area contributed by atoms with Crippen molar-refractivity contribution in [3.63, 3.8) is 0 Å². The molecule has 1 aliphatic carbocycles. The van der Waals surface area contributed by atoms with Crippen LogP contribution >= 0.6 is 0 Å². The summed E-state index contributed by atoms with van der Waals surface area (Å²) in [5.41, 5.74) is 0. The fourth-order valence-electron chi connectivity index (χ4n) is 3.71. The van der Waals surface area contributed by atoms with Crippen molar-refractivity contribution in [1.82, 2.24) is 9.80 Å². The van der Waals surface area contributed by atoms with E-state index >= 15 is 0 Å². The van der Waals surface area contributed by atoms with Crippen molar-refractivity contribution < 1.29 is 14.7 Å². The highest BCUT2D eigenvalue weighted by molar-refractivity contribution is 5.74. The number of hydrogen-bond donors (Lipinski definition) is 1. The van der Waals surface area contributed by atoms with Gasteiger partial charge in [0.25, 0.3) is 0 Å². The fraction of sp³-hybridized carbons (Fsp3) is 0.875. The van der Waals surface area contributed by atoms with E-state index in [0.717, 1.165) is 25.7 Å². The van der Waals surface area contributed by atoms with Gasteiger partial charge < -0.3 is 14.9 Å². The van der Waals surface area contributed by atoms with Crippen molar-refractivity contribution in [2.24, 2.45) is 11.8 Å². The molecule has 2 unspecified atom stereocenters. The zero-order chi connectivity index (χ0) is 15.4. The third kappa shape index (κ3) is 4.35. The molecule has 2 fully saturated rings. The number of hydrogen-bond acceptors (Lipinski definition) is 2. The smallest absolute Gasteiger partial charge is 0.319 e. The molecule has 120 valence electrons. The lowest BCUT2D eigenvalue weighted by atomic mass is 9.86. The summed E-state index contributed by atoms with van der Waals surface area (Å²) in [6, 6.07) is 0.501. The third-order valence-corrected chi connectivity index (χ3v) is 5.11. The SMILES string of the molecule is CC1CCCC(N(C)C(=O)N2CCC(CC(=O)O)CC2)C1. The van der Waals surface area contributed by atoms with Gasteiger partial charge in [-0.15, -0.1) is 0 Å². The average Bonchev–Trinajstić information content (AvgIpc) is 2.46. The lowest BCUT2D eigenvalue weighted by Gasteiger charge is -2.39. The van der Waals surface area contributed by atoms with Crippen molar-refractivity contribution in [2.75, 3.05) is 20.1 Å². The standard InChI is InChI=1S/C16H28N2O3/c1-12-4-3-5-14(10-12)17(2)16(21)18-8-6-13(7-9-18)11-15(19)20/h12-14H,3-11H2,1-2H3,(H,19,20). The van der Waals surface area contributed by atoms with E-state index in [9.17, 15) is 9.59 Å². The Morgan fingerprint density at radius 3 is 2.43 bits per heavy atom. The van der Waals surface area contributed by atoms with Crippen LogP contribution < -0.4 is 0 Å². The van der Waals surface area contributed by atoms with Gasteiger partial charge in [0.15, 0.2) is 0 Å². The summed E-state index contributed by atoms with van der Waals surface area (Å²) in [4.78, 5) is 27.1. The highest BCUT2D eigenvalue weighted by Crippen LogP contribution is 2.28. The van der Waals surface area contributed by atoms with Gasteiger partial charge in [-0.05, 0) is 37.5 Å². The van der Waals surface area contributed by atoms with E-state index in [1.54, 1.807) is 0 Å². The Kier molecular flexibility index (Phi) is 5.48. The summed E-state index contributed by atoms with van der Waals surface area (Å²) in [5.74, 6) is 0.208. The maximum Gasteiger partial charge on any atom is 0.319 e. The Balaban J connectivity index is 1.82. The van der Waals surface area contributed by atoms with Gasteiger partial charge in [0.2, 0.25) is 0 Å². The van der Waals surface area contributed by atoms with E-state index in [1.807, 2.05) is 16.8 Å². The average molecular weight is 296 g/mol. The normalized spacial score (nSPS) is 27.4. The number of likely N-dealkylation sites (tertiary alicyclic amines) is 1. The summed E-state index contributed by atoms with van der Waals surface area (Å²) < 4.78 is 0. The largest absolute Gasteiger partial charge is 0.481 e. The second kappa shape index (κ2) is 7.14.